The van der Waals surface area contributed by atoms with E-state index in [1.165, 1.54) is 24.5 Å². The minimum atomic E-state index is -0.659. The van der Waals surface area contributed by atoms with Crippen molar-refractivity contribution in [3.8, 4) is 10.4 Å². The number of carbonyl (C=O) groups excluding carboxylic acids is 2. The van der Waals surface area contributed by atoms with E-state index in [0.717, 1.165) is 29.7 Å². The van der Waals surface area contributed by atoms with Crippen LogP contribution < -0.4 is 16.4 Å². The standard InChI is InChI=1S/C22H26FN3O3S/c1-11-7-17(22(28)29-2)30-20(11)14-4-3-12(16(23)9-14)10-18(24)26-21(27)19-13-5-6-15(8-13)25-19/h3-4,7,9,13,15,18-19,25H,5-6,8,10,24H2,1-2H3,(H,26,27)/t13-,15+,18-,19-/m0/s1. The summed E-state index contributed by atoms with van der Waals surface area (Å²) in [4.78, 5) is 25.5. The van der Waals surface area contributed by atoms with Crippen LogP contribution in [0.3, 0.4) is 0 Å². The van der Waals surface area contributed by atoms with Crippen LogP contribution in [0.25, 0.3) is 10.4 Å². The third kappa shape index (κ3) is 4.12. The molecule has 2 fully saturated rings. The molecule has 1 aromatic carbocycles. The third-order valence-corrected chi connectivity index (χ3v) is 7.30. The number of esters is 1. The van der Waals surface area contributed by atoms with E-state index in [2.05, 4.69) is 10.6 Å². The molecule has 2 heterocycles. The average molecular weight is 432 g/mol. The molecule has 4 rings (SSSR count). The lowest BCUT2D eigenvalue weighted by Crippen LogP contribution is -2.53. The summed E-state index contributed by atoms with van der Waals surface area (Å²) in [6.45, 7) is 1.87. The summed E-state index contributed by atoms with van der Waals surface area (Å²) in [7, 11) is 1.33. The monoisotopic (exact) mass is 431 g/mol. The van der Waals surface area contributed by atoms with Gasteiger partial charge in [-0.3, -0.25) is 4.79 Å². The number of halogens is 1. The average Bonchev–Trinajstić information content (AvgIpc) is 3.44. The SMILES string of the molecule is COC(=O)c1cc(C)c(-c2ccc(C[C@@H](N)NC(=O)[C@H]3N[C@@H]4CC[C@H]3C4)c(F)c2)s1. The first-order valence-corrected chi connectivity index (χ1v) is 11.0. The lowest BCUT2D eigenvalue weighted by Gasteiger charge is -2.24. The number of methoxy groups -OCH3 is 1. The Morgan fingerprint density at radius 2 is 2.17 bits per heavy atom. The summed E-state index contributed by atoms with van der Waals surface area (Å²) >= 11 is 1.27. The van der Waals surface area contributed by atoms with Crippen molar-refractivity contribution in [3.63, 3.8) is 0 Å². The maximum atomic E-state index is 14.8. The van der Waals surface area contributed by atoms with Crippen molar-refractivity contribution in [2.75, 3.05) is 7.11 Å². The van der Waals surface area contributed by atoms with Crippen LogP contribution in [0.4, 0.5) is 4.39 Å². The van der Waals surface area contributed by atoms with Crippen LogP contribution in [0.2, 0.25) is 0 Å². The molecule has 1 amide bonds. The molecule has 2 aliphatic rings. The maximum Gasteiger partial charge on any atom is 0.348 e. The maximum absolute atomic E-state index is 14.8. The minimum absolute atomic E-state index is 0.101. The number of hydrogen-bond acceptors (Lipinski definition) is 6. The van der Waals surface area contributed by atoms with Crippen LogP contribution in [0.1, 0.15) is 40.1 Å². The van der Waals surface area contributed by atoms with Gasteiger partial charge in [0.25, 0.3) is 0 Å². The molecule has 4 atom stereocenters. The highest BCUT2D eigenvalue weighted by atomic mass is 32.1. The number of rotatable bonds is 6. The van der Waals surface area contributed by atoms with E-state index >= 15 is 0 Å². The number of thiophene rings is 1. The van der Waals surface area contributed by atoms with E-state index < -0.39 is 12.1 Å². The summed E-state index contributed by atoms with van der Waals surface area (Å²) in [5.74, 6) is -0.515. The Kier molecular flexibility index (Phi) is 5.90. The highest BCUT2D eigenvalue weighted by Crippen LogP contribution is 2.35. The Balaban J connectivity index is 1.41. The molecule has 1 saturated heterocycles. The van der Waals surface area contributed by atoms with Crippen LogP contribution in [-0.2, 0) is 16.0 Å². The van der Waals surface area contributed by atoms with Gasteiger partial charge in [-0.2, -0.15) is 0 Å². The second kappa shape index (κ2) is 8.45. The molecule has 160 valence electrons. The van der Waals surface area contributed by atoms with Gasteiger partial charge in [-0.05, 0) is 60.9 Å². The van der Waals surface area contributed by atoms with Gasteiger partial charge in [0, 0.05) is 17.3 Å². The Hall–Kier alpha value is -2.29. The first-order chi connectivity index (χ1) is 14.4. The highest BCUT2D eigenvalue weighted by Gasteiger charge is 2.42. The molecular formula is C22H26FN3O3S. The molecule has 2 aromatic rings. The van der Waals surface area contributed by atoms with Gasteiger partial charge in [0.1, 0.15) is 10.7 Å². The first-order valence-electron chi connectivity index (χ1n) is 10.1. The number of hydrogen-bond donors (Lipinski definition) is 3. The van der Waals surface area contributed by atoms with Crippen LogP contribution in [0.5, 0.6) is 0 Å². The van der Waals surface area contributed by atoms with Gasteiger partial charge in [-0.1, -0.05) is 12.1 Å². The lowest BCUT2D eigenvalue weighted by molar-refractivity contribution is -0.124. The number of nitrogens with two attached hydrogens (primary N) is 1. The predicted octanol–water partition coefficient (Wildman–Crippen LogP) is 2.73. The van der Waals surface area contributed by atoms with Gasteiger partial charge in [0.05, 0.1) is 19.3 Å². The highest BCUT2D eigenvalue weighted by molar-refractivity contribution is 7.17. The largest absolute Gasteiger partial charge is 0.465 e. The molecule has 2 bridgehead atoms. The van der Waals surface area contributed by atoms with Crippen molar-refractivity contribution in [2.45, 2.75) is 50.9 Å². The third-order valence-electron chi connectivity index (χ3n) is 6.03. The van der Waals surface area contributed by atoms with E-state index in [1.807, 2.05) is 13.0 Å². The minimum Gasteiger partial charge on any atom is -0.465 e. The Labute approximate surface area is 179 Å². The predicted molar refractivity (Wildman–Crippen MR) is 114 cm³/mol. The molecule has 8 heteroatoms. The number of nitrogens with one attached hydrogen (secondary N) is 2. The molecule has 1 aliphatic carbocycles. The van der Waals surface area contributed by atoms with E-state index in [-0.39, 0.29) is 24.2 Å². The van der Waals surface area contributed by atoms with Crippen molar-refractivity contribution < 1.29 is 18.7 Å². The fourth-order valence-corrected chi connectivity index (χ4v) is 5.62. The lowest BCUT2D eigenvalue weighted by atomic mass is 9.99. The van der Waals surface area contributed by atoms with Gasteiger partial charge < -0.3 is 21.1 Å². The number of benzene rings is 1. The summed E-state index contributed by atoms with van der Waals surface area (Å²) in [5.41, 5.74) is 8.11. The number of ether oxygens (including phenoxy) is 1. The topological polar surface area (TPSA) is 93.4 Å². The fourth-order valence-electron chi connectivity index (χ4n) is 4.53. The van der Waals surface area contributed by atoms with E-state index in [1.54, 1.807) is 12.1 Å². The molecular weight excluding hydrogens is 405 g/mol. The van der Waals surface area contributed by atoms with Crippen LogP contribution >= 0.6 is 11.3 Å². The zero-order valence-electron chi connectivity index (χ0n) is 17.0. The van der Waals surface area contributed by atoms with Gasteiger partial charge >= 0.3 is 5.97 Å². The number of fused-ring (bicyclic) bond motifs is 2. The van der Waals surface area contributed by atoms with Gasteiger partial charge in [-0.25, -0.2) is 9.18 Å². The van der Waals surface area contributed by atoms with Crippen molar-refractivity contribution in [2.24, 2.45) is 11.7 Å². The first kappa shape index (κ1) is 21.0. The molecule has 30 heavy (non-hydrogen) atoms. The van der Waals surface area contributed by atoms with Crippen LogP contribution in [0.15, 0.2) is 24.3 Å². The second-order valence-electron chi connectivity index (χ2n) is 8.15. The summed E-state index contributed by atoms with van der Waals surface area (Å²) in [6, 6.07) is 6.93. The number of carbonyl (C=O) groups is 2. The molecule has 1 aromatic heterocycles. The summed E-state index contributed by atoms with van der Waals surface area (Å²) < 4.78 is 19.5. The van der Waals surface area contributed by atoms with Gasteiger partial charge in [0.2, 0.25) is 5.91 Å². The number of amides is 1. The van der Waals surface area contributed by atoms with Gasteiger partial charge in [0.15, 0.2) is 0 Å². The Bertz CT molecular complexity index is 977. The quantitative estimate of drug-likeness (QED) is 0.483. The summed E-state index contributed by atoms with van der Waals surface area (Å²) in [5, 5.41) is 6.16. The smallest absolute Gasteiger partial charge is 0.348 e. The fraction of sp³-hybridized carbons (Fsp3) is 0.455. The molecule has 0 unspecified atom stereocenters. The molecule has 0 radical (unpaired) electrons. The van der Waals surface area contributed by atoms with Crippen molar-refractivity contribution in [1.29, 1.82) is 0 Å². The molecule has 6 nitrogen and oxygen atoms in total. The number of piperidine rings is 1. The molecule has 0 spiro atoms. The van der Waals surface area contributed by atoms with E-state index in [0.29, 0.717) is 28.0 Å². The zero-order chi connectivity index (χ0) is 21.4. The van der Waals surface area contributed by atoms with E-state index in [9.17, 15) is 14.0 Å². The number of aryl methyl sites for hydroxylation is 1. The molecule has 4 N–H and O–H groups in total. The van der Waals surface area contributed by atoms with Crippen molar-refractivity contribution in [1.82, 2.24) is 10.6 Å². The molecule has 1 saturated carbocycles. The molecule has 1 aliphatic heterocycles. The Morgan fingerprint density at radius 1 is 1.37 bits per heavy atom. The Morgan fingerprint density at radius 3 is 2.80 bits per heavy atom. The van der Waals surface area contributed by atoms with E-state index in [4.69, 9.17) is 10.5 Å². The van der Waals surface area contributed by atoms with Crippen molar-refractivity contribution in [3.05, 3.63) is 46.1 Å². The summed E-state index contributed by atoms with van der Waals surface area (Å²) in [6.07, 6.45) is 2.79. The normalized spacial score (nSPS) is 23.4. The van der Waals surface area contributed by atoms with Crippen LogP contribution in [-0.4, -0.2) is 37.2 Å². The second-order valence-corrected chi connectivity index (χ2v) is 9.21. The van der Waals surface area contributed by atoms with Crippen LogP contribution in [0, 0.1) is 18.7 Å². The van der Waals surface area contributed by atoms with Gasteiger partial charge in [-0.15, -0.1) is 11.3 Å². The van der Waals surface area contributed by atoms with Crippen molar-refractivity contribution >= 4 is 23.2 Å². The zero-order valence-corrected chi connectivity index (χ0v) is 17.9.